The van der Waals surface area contributed by atoms with Crippen LogP contribution in [0.4, 0.5) is 5.95 Å². The minimum Gasteiger partial charge on any atom is -0.489 e. The summed E-state index contributed by atoms with van der Waals surface area (Å²) in [5.41, 5.74) is 11.7. The zero-order chi connectivity index (χ0) is 25.1. The van der Waals surface area contributed by atoms with E-state index in [2.05, 4.69) is 31.4 Å². The molecule has 0 atom stereocenters. The maximum absolute atomic E-state index is 12.6. The number of aromatic nitrogens is 5. The molecule has 5 aromatic rings. The van der Waals surface area contributed by atoms with Crippen molar-refractivity contribution in [2.45, 2.75) is 39.7 Å². The van der Waals surface area contributed by atoms with Gasteiger partial charge in [-0.15, -0.1) is 5.10 Å². The number of rotatable bonds is 9. The number of fused-ring (bicyclic) bond motifs is 2. The van der Waals surface area contributed by atoms with Crippen LogP contribution in [0.1, 0.15) is 34.5 Å². The summed E-state index contributed by atoms with van der Waals surface area (Å²) in [5.74, 6) is 1.48. The molecule has 9 nitrogen and oxygen atoms in total. The molecule has 0 spiro atoms. The summed E-state index contributed by atoms with van der Waals surface area (Å²) in [6, 6.07) is 16.1. The van der Waals surface area contributed by atoms with Crippen molar-refractivity contribution in [2.75, 3.05) is 12.3 Å². The largest absolute Gasteiger partial charge is 0.489 e. The van der Waals surface area contributed by atoms with Crippen molar-refractivity contribution < 1.29 is 9.53 Å². The Morgan fingerprint density at radius 1 is 1.11 bits per heavy atom. The number of anilines is 1. The molecular formula is C27H29N7O2. The topological polar surface area (TPSA) is 123 Å². The van der Waals surface area contributed by atoms with Crippen molar-refractivity contribution in [3.05, 3.63) is 82.8 Å². The molecule has 0 saturated carbocycles. The van der Waals surface area contributed by atoms with Crippen molar-refractivity contribution in [1.82, 2.24) is 29.9 Å². The molecule has 184 valence electrons. The molecular weight excluding hydrogens is 454 g/mol. The first kappa shape index (κ1) is 23.3. The predicted molar refractivity (Wildman–Crippen MR) is 139 cm³/mol. The van der Waals surface area contributed by atoms with Gasteiger partial charge in [0.1, 0.15) is 12.4 Å². The number of nitrogens with two attached hydrogens (primary N) is 1. The monoisotopic (exact) mass is 483 g/mol. The number of ether oxygens (including phenoxy) is 1. The van der Waals surface area contributed by atoms with Gasteiger partial charge in [0, 0.05) is 41.5 Å². The van der Waals surface area contributed by atoms with Crippen LogP contribution in [-0.2, 0) is 24.2 Å². The zero-order valence-corrected chi connectivity index (χ0v) is 20.4. The molecule has 0 aliphatic rings. The van der Waals surface area contributed by atoms with E-state index in [4.69, 9.17) is 10.5 Å². The van der Waals surface area contributed by atoms with Gasteiger partial charge in [-0.3, -0.25) is 4.79 Å². The predicted octanol–water partition coefficient (Wildman–Crippen LogP) is 3.68. The summed E-state index contributed by atoms with van der Waals surface area (Å²) in [7, 11) is 0. The Hall–Kier alpha value is -4.40. The number of carbonyl (C=O) groups excluding carboxylic acids is 1. The van der Waals surface area contributed by atoms with Gasteiger partial charge in [0.15, 0.2) is 0 Å². The molecule has 3 heterocycles. The fourth-order valence-electron chi connectivity index (χ4n) is 4.44. The minimum absolute atomic E-state index is 0.00118. The van der Waals surface area contributed by atoms with Crippen LogP contribution < -0.4 is 15.8 Å². The first-order chi connectivity index (χ1) is 17.5. The van der Waals surface area contributed by atoms with Crippen molar-refractivity contribution in [2.24, 2.45) is 0 Å². The number of amides is 1. The number of carbonyl (C=O) groups is 1. The van der Waals surface area contributed by atoms with Gasteiger partial charge in [0.05, 0.1) is 0 Å². The molecule has 0 fully saturated rings. The molecule has 0 saturated heterocycles. The molecule has 0 bridgehead atoms. The molecule has 0 aliphatic carbocycles. The van der Waals surface area contributed by atoms with Crippen LogP contribution in [0.3, 0.4) is 0 Å². The zero-order valence-electron chi connectivity index (χ0n) is 20.4. The van der Waals surface area contributed by atoms with E-state index in [9.17, 15) is 4.79 Å². The highest BCUT2D eigenvalue weighted by atomic mass is 16.5. The number of benzene rings is 2. The number of hydrogen-bond donors (Lipinski definition) is 3. The second-order valence-electron chi connectivity index (χ2n) is 8.84. The van der Waals surface area contributed by atoms with Crippen molar-refractivity contribution in [3.63, 3.8) is 0 Å². The summed E-state index contributed by atoms with van der Waals surface area (Å²) in [5, 5.41) is 8.33. The summed E-state index contributed by atoms with van der Waals surface area (Å²) in [4.78, 5) is 24.4. The molecule has 2 aromatic carbocycles. The van der Waals surface area contributed by atoms with Crippen LogP contribution in [0.2, 0.25) is 0 Å². The Morgan fingerprint density at radius 3 is 2.78 bits per heavy atom. The Kier molecular flexibility index (Phi) is 6.53. The van der Waals surface area contributed by atoms with E-state index in [0.717, 1.165) is 51.2 Å². The lowest BCUT2D eigenvalue weighted by Gasteiger charge is -2.10. The lowest BCUT2D eigenvalue weighted by molar-refractivity contribution is -0.121. The third-order valence-electron chi connectivity index (χ3n) is 6.37. The van der Waals surface area contributed by atoms with Crippen molar-refractivity contribution in [3.8, 4) is 5.75 Å². The highest BCUT2D eigenvalue weighted by molar-refractivity contribution is 5.84. The SMILES string of the molecule is Cc1nc2nc(N)nn2c(C)c1CCC(=O)NCCc1c[nH]c2ccc(OCc3ccccc3)cc12. The third-order valence-corrected chi connectivity index (χ3v) is 6.37. The van der Waals surface area contributed by atoms with Gasteiger partial charge in [-0.1, -0.05) is 30.3 Å². The van der Waals surface area contributed by atoms with E-state index in [1.807, 2.05) is 62.5 Å². The Morgan fingerprint density at radius 2 is 1.94 bits per heavy atom. The van der Waals surface area contributed by atoms with Crippen LogP contribution in [0.5, 0.6) is 5.75 Å². The second kappa shape index (κ2) is 10.1. The van der Waals surface area contributed by atoms with E-state index in [-0.39, 0.29) is 11.9 Å². The molecule has 9 heteroatoms. The van der Waals surface area contributed by atoms with Gasteiger partial charge in [-0.25, -0.2) is 4.98 Å². The first-order valence-corrected chi connectivity index (χ1v) is 12.0. The number of nitrogen functional groups attached to an aromatic ring is 1. The number of nitrogens with one attached hydrogen (secondary N) is 2. The Labute approximate surface area is 208 Å². The lowest BCUT2D eigenvalue weighted by atomic mass is 10.1. The normalized spacial score (nSPS) is 11.3. The van der Waals surface area contributed by atoms with Gasteiger partial charge in [-0.05, 0) is 61.6 Å². The van der Waals surface area contributed by atoms with E-state index >= 15 is 0 Å². The summed E-state index contributed by atoms with van der Waals surface area (Å²) in [6.45, 7) is 4.93. The fourth-order valence-corrected chi connectivity index (χ4v) is 4.44. The third kappa shape index (κ3) is 5.00. The molecule has 1 amide bonds. The van der Waals surface area contributed by atoms with Crippen LogP contribution >= 0.6 is 0 Å². The Balaban J connectivity index is 1.16. The second-order valence-corrected chi connectivity index (χ2v) is 8.84. The fraction of sp³-hybridized carbons (Fsp3) is 0.259. The van der Waals surface area contributed by atoms with Gasteiger partial charge >= 0.3 is 0 Å². The number of nitrogens with zero attached hydrogens (tertiary/aromatic N) is 4. The summed E-state index contributed by atoms with van der Waals surface area (Å²) in [6.07, 6.45) is 3.65. The van der Waals surface area contributed by atoms with E-state index in [1.54, 1.807) is 4.52 Å². The van der Waals surface area contributed by atoms with E-state index in [1.165, 1.54) is 0 Å². The summed E-state index contributed by atoms with van der Waals surface area (Å²) < 4.78 is 7.61. The van der Waals surface area contributed by atoms with Gasteiger partial charge in [-0.2, -0.15) is 9.50 Å². The minimum atomic E-state index is -0.00118. The molecule has 0 aliphatic heterocycles. The maximum Gasteiger partial charge on any atom is 0.254 e. The lowest BCUT2D eigenvalue weighted by Crippen LogP contribution is -2.26. The van der Waals surface area contributed by atoms with Gasteiger partial charge in [0.25, 0.3) is 5.78 Å². The van der Waals surface area contributed by atoms with Crippen molar-refractivity contribution in [1.29, 1.82) is 0 Å². The molecule has 0 radical (unpaired) electrons. The van der Waals surface area contributed by atoms with Crippen LogP contribution in [0.15, 0.2) is 54.7 Å². The highest BCUT2D eigenvalue weighted by Gasteiger charge is 2.14. The van der Waals surface area contributed by atoms with Crippen LogP contribution in [0, 0.1) is 13.8 Å². The van der Waals surface area contributed by atoms with Gasteiger partial charge < -0.3 is 20.8 Å². The first-order valence-electron chi connectivity index (χ1n) is 12.0. The average Bonchev–Trinajstić information content (AvgIpc) is 3.45. The molecule has 5 rings (SSSR count). The number of H-pyrrole nitrogens is 1. The van der Waals surface area contributed by atoms with Crippen molar-refractivity contribution >= 4 is 28.5 Å². The van der Waals surface area contributed by atoms with Crippen LogP contribution in [-0.4, -0.2) is 37.0 Å². The average molecular weight is 484 g/mol. The Bertz CT molecular complexity index is 1520. The number of aryl methyl sites for hydroxylation is 2. The van der Waals surface area contributed by atoms with Crippen LogP contribution in [0.25, 0.3) is 16.7 Å². The molecule has 36 heavy (non-hydrogen) atoms. The number of hydrogen-bond acceptors (Lipinski definition) is 6. The smallest absolute Gasteiger partial charge is 0.254 e. The standard InChI is InChI=1S/C27H29N7O2/c1-17-22(18(2)34-27(31-17)32-26(28)33-34)9-11-25(35)29-13-12-20-15-30-24-10-8-21(14-23(20)24)36-16-19-6-4-3-5-7-19/h3-8,10,14-15,30H,9,11-13,16H2,1-2H3,(H2,28,33)(H,29,35). The van der Waals surface area contributed by atoms with Gasteiger partial charge in [0.2, 0.25) is 11.9 Å². The molecule has 4 N–H and O–H groups in total. The quantitative estimate of drug-likeness (QED) is 0.294. The molecule has 0 unspecified atom stereocenters. The highest BCUT2D eigenvalue weighted by Crippen LogP contribution is 2.25. The van der Waals surface area contributed by atoms with E-state index < -0.39 is 0 Å². The maximum atomic E-state index is 12.6. The van der Waals surface area contributed by atoms with E-state index in [0.29, 0.717) is 31.8 Å². The number of aromatic amines is 1. The summed E-state index contributed by atoms with van der Waals surface area (Å²) >= 11 is 0. The molecule has 3 aromatic heterocycles.